The minimum Gasteiger partial charge on any atom is -0.390 e. The third-order valence-corrected chi connectivity index (χ3v) is 7.88. The summed E-state index contributed by atoms with van der Waals surface area (Å²) in [7, 11) is 0. The number of carbonyl (C=O) groups is 2. The molecule has 0 aromatic heterocycles. The summed E-state index contributed by atoms with van der Waals surface area (Å²) in [6, 6.07) is 6.03. The molecule has 9 heteroatoms. The summed E-state index contributed by atoms with van der Waals surface area (Å²) >= 11 is 0. The van der Waals surface area contributed by atoms with E-state index in [-0.39, 0.29) is 11.8 Å². The SMILES string of the molecule is CC=CC(C)=C(CC)NC(=O)CN1CCN(CC(O)CN2CCN(CC(=O)Nc3c(C)cccc3C)CC2)CC1. The molecule has 2 aliphatic rings. The van der Waals surface area contributed by atoms with Gasteiger partial charge in [-0.2, -0.15) is 0 Å². The van der Waals surface area contributed by atoms with Crippen LogP contribution in [-0.4, -0.2) is 121 Å². The molecule has 222 valence electrons. The number of piperazine rings is 2. The van der Waals surface area contributed by atoms with E-state index < -0.39 is 6.10 Å². The van der Waals surface area contributed by atoms with Crippen molar-refractivity contribution in [2.75, 3.05) is 83.9 Å². The summed E-state index contributed by atoms with van der Waals surface area (Å²) in [6.07, 6.45) is 4.39. The monoisotopic (exact) mass is 554 g/mol. The Hall–Kier alpha value is -2.56. The van der Waals surface area contributed by atoms with Gasteiger partial charge in [0.2, 0.25) is 11.8 Å². The number of hydrogen-bond acceptors (Lipinski definition) is 7. The molecule has 1 unspecified atom stereocenters. The lowest BCUT2D eigenvalue weighted by molar-refractivity contribution is -0.122. The number of benzene rings is 1. The standard InChI is InChI=1S/C31H50N6O3/c1-6-9-24(3)28(7-2)32-29(39)22-36-16-12-34(13-17-36)20-27(38)21-35-14-18-37(19-15-35)23-30(40)33-31-25(4)10-8-11-26(31)5/h6,8-11,27,38H,7,12-23H2,1-5H3,(H,32,39)(H,33,40). The van der Waals surface area contributed by atoms with Gasteiger partial charge in [0.05, 0.1) is 19.2 Å². The van der Waals surface area contributed by atoms with E-state index in [4.69, 9.17) is 0 Å². The molecule has 3 N–H and O–H groups in total. The van der Waals surface area contributed by atoms with Crippen LogP contribution in [0, 0.1) is 13.8 Å². The zero-order chi connectivity index (χ0) is 29.1. The largest absolute Gasteiger partial charge is 0.390 e. The fourth-order valence-corrected chi connectivity index (χ4v) is 5.53. The molecule has 0 aliphatic carbocycles. The van der Waals surface area contributed by atoms with Gasteiger partial charge in [-0.15, -0.1) is 0 Å². The maximum atomic E-state index is 12.6. The first-order chi connectivity index (χ1) is 19.2. The number of aliphatic hydroxyl groups is 1. The second-order valence-electron chi connectivity index (χ2n) is 11.2. The lowest BCUT2D eigenvalue weighted by Crippen LogP contribution is -2.53. The summed E-state index contributed by atoms with van der Waals surface area (Å²) in [5.41, 5.74) is 5.14. The number of amides is 2. The van der Waals surface area contributed by atoms with Gasteiger partial charge in [0.15, 0.2) is 0 Å². The van der Waals surface area contributed by atoms with Crippen molar-refractivity contribution >= 4 is 17.5 Å². The molecule has 40 heavy (non-hydrogen) atoms. The molecule has 2 amide bonds. The fraction of sp³-hybridized carbons (Fsp3) is 0.613. The summed E-state index contributed by atoms with van der Waals surface area (Å²) in [5, 5.41) is 16.9. The number of rotatable bonds is 12. The Morgan fingerprint density at radius 2 is 1.35 bits per heavy atom. The number of aryl methyl sites for hydroxylation is 2. The van der Waals surface area contributed by atoms with Crippen molar-refractivity contribution < 1.29 is 14.7 Å². The summed E-state index contributed by atoms with van der Waals surface area (Å²) in [6.45, 7) is 18.8. The molecule has 0 saturated carbocycles. The van der Waals surface area contributed by atoms with Crippen molar-refractivity contribution in [1.82, 2.24) is 24.9 Å². The molecule has 2 aliphatic heterocycles. The summed E-state index contributed by atoms with van der Waals surface area (Å²) in [5.74, 6) is 0.0599. The van der Waals surface area contributed by atoms with Gasteiger partial charge in [-0.1, -0.05) is 37.3 Å². The topological polar surface area (TPSA) is 91.4 Å². The maximum Gasteiger partial charge on any atom is 0.238 e. The van der Waals surface area contributed by atoms with Crippen molar-refractivity contribution in [1.29, 1.82) is 0 Å². The van der Waals surface area contributed by atoms with E-state index in [0.29, 0.717) is 26.2 Å². The third kappa shape index (κ3) is 10.1. The summed E-state index contributed by atoms with van der Waals surface area (Å²) in [4.78, 5) is 34.1. The minimum absolute atomic E-state index is 0.0218. The van der Waals surface area contributed by atoms with Gasteiger partial charge in [-0.3, -0.25) is 29.2 Å². The first kappa shape index (κ1) is 32.0. The van der Waals surface area contributed by atoms with Crippen LogP contribution < -0.4 is 10.6 Å². The van der Waals surface area contributed by atoms with Gasteiger partial charge in [0, 0.05) is 76.8 Å². The molecule has 9 nitrogen and oxygen atoms in total. The smallest absolute Gasteiger partial charge is 0.238 e. The number of anilines is 1. The van der Waals surface area contributed by atoms with Gasteiger partial charge in [-0.05, 0) is 50.8 Å². The number of nitrogens with zero attached hydrogens (tertiary/aromatic N) is 4. The van der Waals surface area contributed by atoms with Crippen molar-refractivity contribution in [3.05, 3.63) is 52.7 Å². The van der Waals surface area contributed by atoms with E-state index in [1.54, 1.807) is 0 Å². The number of hydrogen-bond donors (Lipinski definition) is 3. The highest BCUT2D eigenvalue weighted by atomic mass is 16.3. The van der Waals surface area contributed by atoms with Crippen LogP contribution in [0.25, 0.3) is 0 Å². The average Bonchev–Trinajstić information content (AvgIpc) is 2.92. The molecule has 2 saturated heterocycles. The van der Waals surface area contributed by atoms with Gasteiger partial charge >= 0.3 is 0 Å². The molecule has 1 aromatic carbocycles. The highest BCUT2D eigenvalue weighted by Crippen LogP contribution is 2.19. The predicted molar refractivity (Wildman–Crippen MR) is 162 cm³/mol. The van der Waals surface area contributed by atoms with Gasteiger partial charge in [-0.25, -0.2) is 0 Å². The molecule has 1 atom stereocenters. The molecule has 0 spiro atoms. The van der Waals surface area contributed by atoms with E-state index in [1.165, 1.54) is 0 Å². The number of aliphatic hydroxyl groups excluding tert-OH is 1. The molecule has 2 heterocycles. The Balaban J connectivity index is 1.32. The lowest BCUT2D eigenvalue weighted by atomic mass is 10.1. The van der Waals surface area contributed by atoms with Crippen LogP contribution >= 0.6 is 0 Å². The predicted octanol–water partition coefficient (Wildman–Crippen LogP) is 2.21. The number of nitrogens with one attached hydrogen (secondary N) is 2. The van der Waals surface area contributed by atoms with Crippen LogP contribution in [0.2, 0.25) is 0 Å². The molecular formula is C31H50N6O3. The lowest BCUT2D eigenvalue weighted by Gasteiger charge is -2.38. The van der Waals surface area contributed by atoms with Crippen molar-refractivity contribution in [2.24, 2.45) is 0 Å². The van der Waals surface area contributed by atoms with Crippen LogP contribution in [-0.2, 0) is 9.59 Å². The Bertz CT molecular complexity index is 1020. The van der Waals surface area contributed by atoms with Gasteiger partial charge in [0.25, 0.3) is 0 Å². The molecule has 0 radical (unpaired) electrons. The highest BCUT2D eigenvalue weighted by Gasteiger charge is 2.24. The van der Waals surface area contributed by atoms with Gasteiger partial charge in [0.1, 0.15) is 0 Å². The van der Waals surface area contributed by atoms with Crippen molar-refractivity contribution in [2.45, 2.75) is 47.1 Å². The van der Waals surface area contributed by atoms with E-state index in [2.05, 4.69) is 37.2 Å². The number of allylic oxidation sites excluding steroid dienone is 4. The Labute approximate surface area is 240 Å². The quantitative estimate of drug-likeness (QED) is 0.341. The molecular weight excluding hydrogens is 504 g/mol. The van der Waals surface area contributed by atoms with Crippen LogP contribution in [0.1, 0.15) is 38.3 Å². The zero-order valence-corrected chi connectivity index (χ0v) is 25.2. The van der Waals surface area contributed by atoms with Crippen molar-refractivity contribution in [3.63, 3.8) is 0 Å². The maximum absolute atomic E-state index is 12.6. The summed E-state index contributed by atoms with van der Waals surface area (Å²) < 4.78 is 0. The van der Waals surface area contributed by atoms with Crippen LogP contribution in [0.15, 0.2) is 41.6 Å². The minimum atomic E-state index is -0.416. The fourth-order valence-electron chi connectivity index (χ4n) is 5.53. The first-order valence-corrected chi connectivity index (χ1v) is 14.7. The Morgan fingerprint density at radius 3 is 1.82 bits per heavy atom. The Kier molecular flexibility index (Phi) is 12.8. The molecule has 1 aromatic rings. The molecule has 0 bridgehead atoms. The average molecular weight is 555 g/mol. The van der Waals surface area contributed by atoms with E-state index in [1.807, 2.05) is 58.0 Å². The zero-order valence-electron chi connectivity index (χ0n) is 25.2. The van der Waals surface area contributed by atoms with E-state index >= 15 is 0 Å². The number of para-hydroxylation sites is 1. The van der Waals surface area contributed by atoms with Crippen LogP contribution in [0.3, 0.4) is 0 Å². The number of carbonyl (C=O) groups excluding carboxylic acids is 2. The first-order valence-electron chi connectivity index (χ1n) is 14.7. The molecule has 3 rings (SSSR count). The highest BCUT2D eigenvalue weighted by molar-refractivity contribution is 5.93. The molecule has 2 fully saturated rings. The van der Waals surface area contributed by atoms with E-state index in [9.17, 15) is 14.7 Å². The Morgan fingerprint density at radius 1 is 0.875 bits per heavy atom. The van der Waals surface area contributed by atoms with Crippen molar-refractivity contribution in [3.8, 4) is 0 Å². The van der Waals surface area contributed by atoms with Crippen LogP contribution in [0.5, 0.6) is 0 Å². The third-order valence-electron chi connectivity index (χ3n) is 7.88. The number of β-amino-alcohol motifs (C(OH)–C–C–N with tert-alkyl or cyclic N) is 1. The van der Waals surface area contributed by atoms with Gasteiger partial charge < -0.3 is 15.7 Å². The second-order valence-corrected chi connectivity index (χ2v) is 11.2. The van der Waals surface area contributed by atoms with E-state index in [0.717, 1.165) is 86.9 Å². The van der Waals surface area contributed by atoms with Crippen LogP contribution in [0.4, 0.5) is 5.69 Å². The second kappa shape index (κ2) is 16.0. The normalized spacial score (nSPS) is 19.4.